The number of amides is 1. The molecule has 0 saturated heterocycles. The Kier molecular flexibility index (Phi) is 7.34. The number of likely N-dealkylation sites (N-methyl/N-ethyl adjacent to an activating group) is 1. The third-order valence-electron chi connectivity index (χ3n) is 4.33. The van der Waals surface area contributed by atoms with E-state index in [1.54, 1.807) is 23.1 Å². The molecule has 5 heteroatoms. The Morgan fingerprint density at radius 1 is 1.29 bits per heavy atom. The second-order valence-corrected chi connectivity index (χ2v) is 7.34. The second-order valence-electron chi connectivity index (χ2n) is 5.68. The first-order valence-electron chi connectivity index (χ1n) is 8.29. The molecule has 2 rings (SSSR count). The molecule has 0 saturated carbocycles. The molecule has 0 aliphatic heterocycles. The van der Waals surface area contributed by atoms with Crippen molar-refractivity contribution in [3.8, 4) is 0 Å². The Labute approximate surface area is 153 Å². The number of carbonyl (C=O) groups excluding carboxylic acids is 1. The van der Waals surface area contributed by atoms with E-state index >= 15 is 0 Å². The lowest BCUT2D eigenvalue weighted by Gasteiger charge is -2.29. The Morgan fingerprint density at radius 3 is 2.62 bits per heavy atom. The van der Waals surface area contributed by atoms with Crippen molar-refractivity contribution in [2.75, 3.05) is 25.9 Å². The van der Waals surface area contributed by atoms with Crippen molar-refractivity contribution in [3.63, 3.8) is 0 Å². The Balaban J connectivity index is 2.13. The van der Waals surface area contributed by atoms with Crippen molar-refractivity contribution in [2.45, 2.75) is 31.7 Å². The van der Waals surface area contributed by atoms with E-state index in [1.807, 2.05) is 25.3 Å². The minimum atomic E-state index is 0.00999. The number of hydrogen-bond acceptors (Lipinski definition) is 4. The molecule has 0 spiro atoms. The van der Waals surface area contributed by atoms with Gasteiger partial charge in [0.1, 0.15) is 0 Å². The number of carbonyl (C=O) groups is 1. The highest BCUT2D eigenvalue weighted by Crippen LogP contribution is 2.23. The molecule has 0 aliphatic carbocycles. The average Bonchev–Trinajstić information content (AvgIpc) is 3.13. The summed E-state index contributed by atoms with van der Waals surface area (Å²) in [6, 6.07) is 8.42. The quantitative estimate of drug-likeness (QED) is 0.697. The molecular formula is C19H26N2OS2. The number of aryl methyl sites for hydroxylation is 1. The van der Waals surface area contributed by atoms with Gasteiger partial charge in [0, 0.05) is 17.0 Å². The van der Waals surface area contributed by atoms with E-state index in [9.17, 15) is 4.79 Å². The summed E-state index contributed by atoms with van der Waals surface area (Å²) in [6.07, 6.45) is 2.03. The maximum atomic E-state index is 12.7. The van der Waals surface area contributed by atoms with Crippen LogP contribution < -0.4 is 5.32 Å². The van der Waals surface area contributed by atoms with Crippen molar-refractivity contribution < 1.29 is 4.79 Å². The van der Waals surface area contributed by atoms with Gasteiger partial charge in [-0.3, -0.25) is 9.69 Å². The Bertz CT molecular complexity index is 651. The van der Waals surface area contributed by atoms with E-state index in [1.165, 1.54) is 5.56 Å². The van der Waals surface area contributed by atoms with Crippen LogP contribution in [-0.2, 0) is 0 Å². The number of nitrogens with zero attached hydrogens (tertiary/aromatic N) is 1. The minimum absolute atomic E-state index is 0.00999. The monoisotopic (exact) mass is 362 g/mol. The van der Waals surface area contributed by atoms with Crippen LogP contribution in [0.5, 0.6) is 0 Å². The third kappa shape index (κ3) is 4.62. The molecule has 1 amide bonds. The van der Waals surface area contributed by atoms with Gasteiger partial charge in [-0.1, -0.05) is 19.9 Å². The summed E-state index contributed by atoms with van der Waals surface area (Å²) in [4.78, 5) is 16.2. The molecule has 1 atom stereocenters. The molecular weight excluding hydrogens is 336 g/mol. The fourth-order valence-electron chi connectivity index (χ4n) is 2.84. The topological polar surface area (TPSA) is 32.3 Å². The fraction of sp³-hybridized carbons (Fsp3) is 0.421. The maximum Gasteiger partial charge on any atom is 0.251 e. The van der Waals surface area contributed by atoms with E-state index in [0.29, 0.717) is 6.54 Å². The third-order valence-corrected chi connectivity index (χ3v) is 5.75. The SMILES string of the molecule is CCN(CC)C(CNC(=O)c1cc(SC)ccc1C)c1ccsc1. The molecule has 0 aliphatic rings. The summed E-state index contributed by atoms with van der Waals surface area (Å²) < 4.78 is 0. The Hall–Kier alpha value is -1.30. The van der Waals surface area contributed by atoms with Crippen LogP contribution in [0.1, 0.15) is 41.4 Å². The summed E-state index contributed by atoms with van der Waals surface area (Å²) in [5, 5.41) is 7.42. The van der Waals surface area contributed by atoms with Gasteiger partial charge in [0.05, 0.1) is 6.04 Å². The van der Waals surface area contributed by atoms with E-state index in [2.05, 4.69) is 47.0 Å². The first kappa shape index (κ1) is 19.0. The smallest absolute Gasteiger partial charge is 0.251 e. The maximum absolute atomic E-state index is 12.7. The highest BCUT2D eigenvalue weighted by molar-refractivity contribution is 7.98. The van der Waals surface area contributed by atoms with E-state index < -0.39 is 0 Å². The van der Waals surface area contributed by atoms with E-state index in [4.69, 9.17) is 0 Å². The summed E-state index contributed by atoms with van der Waals surface area (Å²) in [5.74, 6) is 0.00999. The lowest BCUT2D eigenvalue weighted by Crippen LogP contribution is -2.38. The summed E-state index contributed by atoms with van der Waals surface area (Å²) in [7, 11) is 0. The molecule has 1 heterocycles. The molecule has 1 N–H and O–H groups in total. The molecule has 130 valence electrons. The first-order valence-corrected chi connectivity index (χ1v) is 10.5. The lowest BCUT2D eigenvalue weighted by atomic mass is 10.1. The highest BCUT2D eigenvalue weighted by atomic mass is 32.2. The van der Waals surface area contributed by atoms with E-state index in [0.717, 1.165) is 29.1 Å². The highest BCUT2D eigenvalue weighted by Gasteiger charge is 2.20. The number of hydrogen-bond donors (Lipinski definition) is 1. The van der Waals surface area contributed by atoms with Gasteiger partial charge in [-0.25, -0.2) is 0 Å². The molecule has 1 aromatic heterocycles. The number of thioether (sulfide) groups is 1. The molecule has 0 radical (unpaired) electrons. The van der Waals surface area contributed by atoms with Crippen LogP contribution in [0.2, 0.25) is 0 Å². The van der Waals surface area contributed by atoms with Crippen LogP contribution in [0.3, 0.4) is 0 Å². The number of thiophene rings is 1. The van der Waals surface area contributed by atoms with Crippen molar-refractivity contribution in [2.24, 2.45) is 0 Å². The predicted octanol–water partition coefficient (Wildman–Crippen LogP) is 4.59. The van der Waals surface area contributed by atoms with Crippen LogP contribution >= 0.6 is 23.1 Å². The molecule has 2 aromatic rings. The number of rotatable bonds is 8. The molecule has 0 bridgehead atoms. The number of benzene rings is 1. The first-order chi connectivity index (χ1) is 11.6. The van der Waals surface area contributed by atoms with Crippen LogP contribution in [0.15, 0.2) is 39.9 Å². The van der Waals surface area contributed by atoms with Gasteiger partial charge < -0.3 is 5.32 Å². The van der Waals surface area contributed by atoms with Crippen LogP contribution in [0.4, 0.5) is 0 Å². The van der Waals surface area contributed by atoms with Gasteiger partial charge in [0.15, 0.2) is 0 Å². The number of nitrogens with one attached hydrogen (secondary N) is 1. The lowest BCUT2D eigenvalue weighted by molar-refractivity contribution is 0.0934. The van der Waals surface area contributed by atoms with Gasteiger partial charge in [-0.05, 0) is 66.4 Å². The van der Waals surface area contributed by atoms with Gasteiger partial charge in [-0.15, -0.1) is 11.8 Å². The molecule has 1 aromatic carbocycles. The van der Waals surface area contributed by atoms with Gasteiger partial charge >= 0.3 is 0 Å². The zero-order chi connectivity index (χ0) is 17.5. The van der Waals surface area contributed by atoms with Gasteiger partial charge in [0.2, 0.25) is 0 Å². The van der Waals surface area contributed by atoms with Crippen molar-refractivity contribution >= 4 is 29.0 Å². The van der Waals surface area contributed by atoms with Crippen LogP contribution in [0.25, 0.3) is 0 Å². The molecule has 24 heavy (non-hydrogen) atoms. The fourth-order valence-corrected chi connectivity index (χ4v) is 3.99. The van der Waals surface area contributed by atoms with Gasteiger partial charge in [0.25, 0.3) is 5.91 Å². The molecule has 1 unspecified atom stereocenters. The van der Waals surface area contributed by atoms with Gasteiger partial charge in [-0.2, -0.15) is 11.3 Å². The largest absolute Gasteiger partial charge is 0.350 e. The summed E-state index contributed by atoms with van der Waals surface area (Å²) in [6.45, 7) is 8.87. The zero-order valence-corrected chi connectivity index (χ0v) is 16.5. The summed E-state index contributed by atoms with van der Waals surface area (Å²) in [5.41, 5.74) is 3.06. The Morgan fingerprint density at radius 2 is 2.04 bits per heavy atom. The zero-order valence-electron chi connectivity index (χ0n) is 14.8. The average molecular weight is 363 g/mol. The molecule has 0 fully saturated rings. The predicted molar refractivity (Wildman–Crippen MR) is 105 cm³/mol. The van der Waals surface area contributed by atoms with Crippen LogP contribution in [0, 0.1) is 6.92 Å². The van der Waals surface area contributed by atoms with Crippen molar-refractivity contribution in [3.05, 3.63) is 51.7 Å². The van der Waals surface area contributed by atoms with Crippen LogP contribution in [-0.4, -0.2) is 36.7 Å². The normalized spacial score (nSPS) is 12.4. The molecule has 3 nitrogen and oxygen atoms in total. The standard InChI is InChI=1S/C19H26N2OS2/c1-5-21(6-2)18(15-9-10-24-13-15)12-20-19(22)17-11-16(23-4)8-7-14(17)3/h7-11,13,18H,5-6,12H2,1-4H3,(H,20,22). The van der Waals surface area contributed by atoms with Crippen molar-refractivity contribution in [1.29, 1.82) is 0 Å². The minimum Gasteiger partial charge on any atom is -0.350 e. The van der Waals surface area contributed by atoms with E-state index in [-0.39, 0.29) is 11.9 Å². The second kappa shape index (κ2) is 9.25. The summed E-state index contributed by atoms with van der Waals surface area (Å²) >= 11 is 3.36. The van der Waals surface area contributed by atoms with Crippen molar-refractivity contribution in [1.82, 2.24) is 10.2 Å².